The monoisotopic (exact) mass is 569 g/mol. The van der Waals surface area contributed by atoms with E-state index in [9.17, 15) is 14.4 Å². The minimum absolute atomic E-state index is 0.0539. The van der Waals surface area contributed by atoms with E-state index in [4.69, 9.17) is 4.74 Å². The van der Waals surface area contributed by atoms with Crippen LogP contribution in [0.15, 0.2) is 30.3 Å². The second-order valence-electron chi connectivity index (χ2n) is 12.0. The van der Waals surface area contributed by atoms with Gasteiger partial charge in [0.1, 0.15) is 18.7 Å². The van der Waals surface area contributed by atoms with Crippen LogP contribution in [0.5, 0.6) is 0 Å². The zero-order valence-corrected chi connectivity index (χ0v) is 25.6. The zero-order valence-electron chi connectivity index (χ0n) is 25.6. The number of nitrogens with one attached hydrogen (secondary N) is 1. The summed E-state index contributed by atoms with van der Waals surface area (Å²) >= 11 is 0. The van der Waals surface area contributed by atoms with E-state index >= 15 is 0 Å². The molecule has 0 aliphatic carbocycles. The van der Waals surface area contributed by atoms with Gasteiger partial charge in [-0.05, 0) is 37.7 Å². The number of likely N-dealkylation sites (tertiary alicyclic amines) is 2. The van der Waals surface area contributed by atoms with Gasteiger partial charge in [-0.25, -0.2) is 4.79 Å². The quantitative estimate of drug-likeness (QED) is 0.176. The van der Waals surface area contributed by atoms with Gasteiger partial charge in [-0.2, -0.15) is 0 Å². The van der Waals surface area contributed by atoms with Crippen molar-refractivity contribution < 1.29 is 19.1 Å². The van der Waals surface area contributed by atoms with Crippen LogP contribution >= 0.6 is 0 Å². The van der Waals surface area contributed by atoms with Gasteiger partial charge in [0.25, 0.3) is 0 Å². The molecule has 2 atom stereocenters. The van der Waals surface area contributed by atoms with Crippen molar-refractivity contribution in [2.75, 3.05) is 19.6 Å². The Hall–Kier alpha value is -2.57. The normalized spacial score (nSPS) is 18.6. The molecule has 2 heterocycles. The molecule has 2 aliphatic heterocycles. The molecular weight excluding hydrogens is 514 g/mol. The van der Waals surface area contributed by atoms with Gasteiger partial charge < -0.3 is 15.0 Å². The molecule has 2 saturated heterocycles. The van der Waals surface area contributed by atoms with E-state index < -0.39 is 18.2 Å². The third-order valence-electron chi connectivity index (χ3n) is 8.65. The van der Waals surface area contributed by atoms with Gasteiger partial charge in [0.15, 0.2) is 0 Å². The summed E-state index contributed by atoms with van der Waals surface area (Å²) in [7, 11) is 0. The Balaban J connectivity index is 1.27. The molecule has 1 aromatic carbocycles. The lowest BCUT2D eigenvalue weighted by molar-refractivity contribution is -0.141. The van der Waals surface area contributed by atoms with E-state index in [1.807, 2.05) is 30.3 Å². The topological polar surface area (TPSA) is 79.0 Å². The number of benzene rings is 1. The highest BCUT2D eigenvalue weighted by molar-refractivity contribution is 5.92. The minimum Gasteiger partial charge on any atom is -0.445 e. The van der Waals surface area contributed by atoms with Crippen LogP contribution in [0.4, 0.5) is 4.79 Å². The molecule has 1 N–H and O–H groups in total. The fourth-order valence-electron chi connectivity index (χ4n) is 6.19. The number of hydrogen-bond acceptors (Lipinski definition) is 4. The lowest BCUT2D eigenvalue weighted by Crippen LogP contribution is -2.53. The van der Waals surface area contributed by atoms with Gasteiger partial charge in [-0.15, -0.1) is 0 Å². The molecule has 0 unspecified atom stereocenters. The first kappa shape index (κ1) is 32.9. The highest BCUT2D eigenvalue weighted by Crippen LogP contribution is 2.26. The molecule has 0 radical (unpaired) electrons. The summed E-state index contributed by atoms with van der Waals surface area (Å²) in [6, 6.07) is 8.57. The molecule has 1 aromatic rings. The average Bonchev–Trinajstić information content (AvgIpc) is 3.69. The molecule has 3 rings (SSSR count). The first-order valence-corrected chi connectivity index (χ1v) is 16.7. The van der Waals surface area contributed by atoms with Crippen molar-refractivity contribution in [3.63, 3.8) is 0 Å². The molecule has 0 aromatic heterocycles. The predicted octanol–water partition coefficient (Wildman–Crippen LogP) is 7.38. The third kappa shape index (κ3) is 11.7. The summed E-state index contributed by atoms with van der Waals surface area (Å²) in [6.07, 6.45) is 20.8. The van der Waals surface area contributed by atoms with Crippen molar-refractivity contribution >= 4 is 17.9 Å². The second kappa shape index (κ2) is 19.5. The molecule has 41 heavy (non-hydrogen) atoms. The Morgan fingerprint density at radius 2 is 1.27 bits per heavy atom. The van der Waals surface area contributed by atoms with E-state index in [1.165, 1.54) is 77.0 Å². The molecule has 7 nitrogen and oxygen atoms in total. The van der Waals surface area contributed by atoms with Crippen LogP contribution in [0.1, 0.15) is 128 Å². The molecule has 2 aliphatic rings. The van der Waals surface area contributed by atoms with Crippen LogP contribution in [0, 0.1) is 0 Å². The molecule has 7 heteroatoms. The standard InChI is InChI=1S/C34H55N3O4/c1-2-3-4-5-6-7-8-9-10-11-12-13-14-18-25-35-32(38)30-23-19-26-36(30)33(39)31-24-20-27-37(31)34(40)41-28-29-21-16-15-17-22-29/h15-17,21-22,30-31H,2-14,18-20,23-28H2,1H3,(H,35,38)/t30-,31-/m0/s1. The van der Waals surface area contributed by atoms with Gasteiger partial charge in [0.2, 0.25) is 11.8 Å². The molecular formula is C34H55N3O4. The SMILES string of the molecule is CCCCCCCCCCCCCCCCNC(=O)[C@@H]1CCCN1C(=O)[C@@H]1CCCN1C(=O)OCc1ccccc1. The van der Waals surface area contributed by atoms with Gasteiger partial charge in [0, 0.05) is 19.6 Å². The Labute approximate surface area is 248 Å². The van der Waals surface area contributed by atoms with Crippen LogP contribution in [0.2, 0.25) is 0 Å². The molecule has 2 fully saturated rings. The number of ether oxygens (including phenoxy) is 1. The van der Waals surface area contributed by atoms with E-state index in [0.29, 0.717) is 32.5 Å². The fraction of sp³-hybridized carbons (Fsp3) is 0.735. The number of amides is 3. The summed E-state index contributed by atoms with van der Waals surface area (Å²) in [4.78, 5) is 42.5. The fourth-order valence-corrected chi connectivity index (χ4v) is 6.19. The van der Waals surface area contributed by atoms with E-state index in [2.05, 4.69) is 12.2 Å². The molecule has 230 valence electrons. The molecule has 0 saturated carbocycles. The third-order valence-corrected chi connectivity index (χ3v) is 8.65. The maximum absolute atomic E-state index is 13.5. The number of hydrogen-bond donors (Lipinski definition) is 1. The average molecular weight is 570 g/mol. The first-order valence-electron chi connectivity index (χ1n) is 16.7. The summed E-state index contributed by atoms with van der Waals surface area (Å²) in [5, 5.41) is 3.08. The number of carbonyl (C=O) groups excluding carboxylic acids is 3. The van der Waals surface area contributed by atoms with Crippen LogP contribution in [-0.2, 0) is 20.9 Å². The van der Waals surface area contributed by atoms with E-state index in [1.54, 1.807) is 9.80 Å². The van der Waals surface area contributed by atoms with Crippen molar-refractivity contribution in [1.82, 2.24) is 15.1 Å². The van der Waals surface area contributed by atoms with Gasteiger partial charge >= 0.3 is 6.09 Å². The number of unbranched alkanes of at least 4 members (excludes halogenated alkanes) is 13. The maximum Gasteiger partial charge on any atom is 0.410 e. The van der Waals surface area contributed by atoms with Crippen molar-refractivity contribution in [3.05, 3.63) is 35.9 Å². The maximum atomic E-state index is 13.5. The Morgan fingerprint density at radius 3 is 1.88 bits per heavy atom. The highest BCUT2D eigenvalue weighted by Gasteiger charge is 2.42. The van der Waals surface area contributed by atoms with Crippen molar-refractivity contribution in [3.8, 4) is 0 Å². The predicted molar refractivity (Wildman–Crippen MR) is 164 cm³/mol. The van der Waals surface area contributed by atoms with Crippen molar-refractivity contribution in [2.45, 2.75) is 141 Å². The Bertz CT molecular complexity index is 893. The van der Waals surface area contributed by atoms with Gasteiger partial charge in [-0.3, -0.25) is 14.5 Å². The zero-order chi connectivity index (χ0) is 29.1. The highest BCUT2D eigenvalue weighted by atomic mass is 16.6. The molecule has 0 spiro atoms. The summed E-state index contributed by atoms with van der Waals surface area (Å²) in [5.74, 6) is -0.171. The van der Waals surface area contributed by atoms with Crippen LogP contribution < -0.4 is 5.32 Å². The Morgan fingerprint density at radius 1 is 0.732 bits per heavy atom. The smallest absolute Gasteiger partial charge is 0.410 e. The number of carbonyl (C=O) groups is 3. The van der Waals surface area contributed by atoms with E-state index in [0.717, 1.165) is 31.2 Å². The lowest BCUT2D eigenvalue weighted by atomic mass is 10.0. The van der Waals surface area contributed by atoms with Gasteiger partial charge in [-0.1, -0.05) is 121 Å². The van der Waals surface area contributed by atoms with Crippen molar-refractivity contribution in [2.24, 2.45) is 0 Å². The summed E-state index contributed by atoms with van der Waals surface area (Å²) in [6.45, 7) is 4.19. The number of nitrogens with zero attached hydrogens (tertiary/aromatic N) is 2. The van der Waals surface area contributed by atoms with Crippen molar-refractivity contribution in [1.29, 1.82) is 0 Å². The largest absolute Gasteiger partial charge is 0.445 e. The second-order valence-corrected chi connectivity index (χ2v) is 12.0. The van der Waals surface area contributed by atoms with Crippen LogP contribution in [0.25, 0.3) is 0 Å². The van der Waals surface area contributed by atoms with Crippen LogP contribution in [-0.4, -0.2) is 59.4 Å². The lowest BCUT2D eigenvalue weighted by Gasteiger charge is -2.30. The summed E-state index contributed by atoms with van der Waals surface area (Å²) < 4.78 is 5.50. The van der Waals surface area contributed by atoms with E-state index in [-0.39, 0.29) is 18.4 Å². The van der Waals surface area contributed by atoms with Gasteiger partial charge in [0.05, 0.1) is 0 Å². The summed E-state index contributed by atoms with van der Waals surface area (Å²) in [5.41, 5.74) is 0.915. The Kier molecular flexibility index (Phi) is 15.7. The van der Waals surface area contributed by atoms with Crippen LogP contribution in [0.3, 0.4) is 0 Å². The first-order chi connectivity index (χ1) is 20.1. The molecule has 3 amide bonds. The number of rotatable bonds is 19. The minimum atomic E-state index is -0.544. The molecule has 0 bridgehead atoms.